The zero-order chi connectivity index (χ0) is 18.9. The second-order valence-electron chi connectivity index (χ2n) is 6.69. The predicted molar refractivity (Wildman–Crippen MR) is 117 cm³/mol. The molecule has 5 rings (SSSR count). The van der Waals surface area contributed by atoms with Crippen LogP contribution in [0.25, 0.3) is 21.5 Å². The molecule has 5 nitrogen and oxygen atoms in total. The summed E-state index contributed by atoms with van der Waals surface area (Å²) in [5.41, 5.74) is 5.50. The Kier molecular flexibility index (Phi) is 4.70. The van der Waals surface area contributed by atoms with Gasteiger partial charge in [-0.3, -0.25) is 5.43 Å². The number of nitrogens with one attached hydrogen (secondary N) is 1. The summed E-state index contributed by atoms with van der Waals surface area (Å²) in [6.07, 6.45) is 7.99. The van der Waals surface area contributed by atoms with E-state index in [1.54, 1.807) is 23.9 Å². The van der Waals surface area contributed by atoms with Gasteiger partial charge in [0.15, 0.2) is 5.82 Å². The molecule has 3 heterocycles. The number of rotatable bonds is 4. The quantitative estimate of drug-likeness (QED) is 0.302. The maximum absolute atomic E-state index is 5.88. The smallest absolute Gasteiger partial charge is 0.158 e. The van der Waals surface area contributed by atoms with Gasteiger partial charge >= 0.3 is 0 Å². The Balaban J connectivity index is 1.37. The normalized spacial score (nSPS) is 13.9. The lowest BCUT2D eigenvalue weighted by molar-refractivity contribution is 0.575. The first-order valence-electron chi connectivity index (χ1n) is 9.18. The molecule has 0 bridgehead atoms. The number of aromatic nitrogens is 2. The van der Waals surface area contributed by atoms with Crippen LogP contribution in [0.4, 0.5) is 5.82 Å². The molecule has 28 heavy (non-hydrogen) atoms. The van der Waals surface area contributed by atoms with E-state index in [4.69, 9.17) is 4.42 Å². The van der Waals surface area contributed by atoms with Gasteiger partial charge in [0.05, 0.1) is 11.6 Å². The molecule has 0 aliphatic heterocycles. The Labute approximate surface area is 174 Å². The number of hydrazone groups is 1. The van der Waals surface area contributed by atoms with Crippen molar-refractivity contribution in [2.24, 2.45) is 5.10 Å². The zero-order valence-electron chi connectivity index (χ0n) is 15.0. The standard InChI is InChI=1S/C21H17BrN4OS/c22-14-7-5-13(6-8-14)17-10-9-15(27-17)11-25-26-20-19-16-3-1-2-4-18(16)28-21(19)24-12-23-20/h5-12H,1-4H2,(H,23,24,26)/b25-11-. The fraction of sp³-hybridized carbons (Fsp3) is 0.190. The molecule has 7 heteroatoms. The van der Waals surface area contributed by atoms with Crippen LogP contribution in [0.3, 0.4) is 0 Å². The van der Waals surface area contributed by atoms with Crippen molar-refractivity contribution < 1.29 is 4.42 Å². The summed E-state index contributed by atoms with van der Waals surface area (Å²) in [6, 6.07) is 11.9. The first-order chi connectivity index (χ1) is 13.8. The molecule has 0 unspecified atom stereocenters. The minimum absolute atomic E-state index is 0.683. The highest BCUT2D eigenvalue weighted by atomic mass is 79.9. The highest BCUT2D eigenvalue weighted by Crippen LogP contribution is 2.38. The molecule has 0 saturated heterocycles. The molecule has 140 valence electrons. The summed E-state index contributed by atoms with van der Waals surface area (Å²) in [7, 11) is 0. The van der Waals surface area contributed by atoms with E-state index in [9.17, 15) is 0 Å². The number of furan rings is 1. The number of fused-ring (bicyclic) bond motifs is 3. The van der Waals surface area contributed by atoms with E-state index in [2.05, 4.69) is 36.4 Å². The summed E-state index contributed by atoms with van der Waals surface area (Å²) < 4.78 is 6.92. The molecular weight excluding hydrogens is 436 g/mol. The minimum atomic E-state index is 0.683. The molecule has 0 fully saturated rings. The summed E-state index contributed by atoms with van der Waals surface area (Å²) in [5, 5.41) is 5.47. The van der Waals surface area contributed by atoms with Gasteiger partial charge in [0.25, 0.3) is 0 Å². The number of anilines is 1. The van der Waals surface area contributed by atoms with Crippen LogP contribution >= 0.6 is 27.3 Å². The molecule has 1 N–H and O–H groups in total. The molecule has 0 amide bonds. The van der Waals surface area contributed by atoms with Gasteiger partial charge in [-0.1, -0.05) is 28.1 Å². The average Bonchev–Trinajstić information content (AvgIpc) is 3.33. The van der Waals surface area contributed by atoms with Gasteiger partial charge in [0.2, 0.25) is 0 Å². The Morgan fingerprint density at radius 1 is 1.07 bits per heavy atom. The van der Waals surface area contributed by atoms with Crippen molar-refractivity contribution in [3.8, 4) is 11.3 Å². The van der Waals surface area contributed by atoms with E-state index in [0.717, 1.165) is 44.7 Å². The molecule has 1 aliphatic rings. The molecule has 0 atom stereocenters. The fourth-order valence-corrected chi connectivity index (χ4v) is 5.02. The summed E-state index contributed by atoms with van der Waals surface area (Å²) >= 11 is 5.23. The van der Waals surface area contributed by atoms with Crippen molar-refractivity contribution in [3.63, 3.8) is 0 Å². The first kappa shape index (κ1) is 17.6. The number of nitrogens with zero attached hydrogens (tertiary/aromatic N) is 3. The highest BCUT2D eigenvalue weighted by Gasteiger charge is 2.19. The summed E-state index contributed by atoms with van der Waals surface area (Å²) in [5.74, 6) is 2.26. The SMILES string of the molecule is Brc1ccc(-c2ccc(/C=N\Nc3ncnc4sc5c(c34)CCCC5)o2)cc1. The lowest BCUT2D eigenvalue weighted by Crippen LogP contribution is -2.00. The topological polar surface area (TPSA) is 63.3 Å². The van der Waals surface area contributed by atoms with Gasteiger partial charge in [-0.2, -0.15) is 5.10 Å². The molecule has 4 aromatic rings. The number of hydrogen-bond donors (Lipinski definition) is 1. The van der Waals surface area contributed by atoms with E-state index < -0.39 is 0 Å². The third-order valence-electron chi connectivity index (χ3n) is 4.87. The predicted octanol–water partition coefficient (Wildman–Crippen LogP) is 6.04. The summed E-state index contributed by atoms with van der Waals surface area (Å²) in [4.78, 5) is 11.3. The van der Waals surface area contributed by atoms with Crippen molar-refractivity contribution in [1.82, 2.24) is 9.97 Å². The molecule has 1 aromatic carbocycles. The lowest BCUT2D eigenvalue weighted by atomic mass is 9.97. The average molecular weight is 453 g/mol. The van der Waals surface area contributed by atoms with E-state index in [-0.39, 0.29) is 0 Å². The number of aryl methyl sites for hydroxylation is 2. The number of halogens is 1. The van der Waals surface area contributed by atoms with Gasteiger partial charge in [-0.05, 0) is 55.5 Å². The minimum Gasteiger partial charge on any atom is -0.455 e. The van der Waals surface area contributed by atoms with Gasteiger partial charge in [-0.25, -0.2) is 9.97 Å². The second kappa shape index (κ2) is 7.48. The Bertz CT molecular complexity index is 1160. The van der Waals surface area contributed by atoms with Crippen molar-refractivity contribution >= 4 is 49.5 Å². The Morgan fingerprint density at radius 3 is 2.82 bits per heavy atom. The molecule has 0 radical (unpaired) electrons. The summed E-state index contributed by atoms with van der Waals surface area (Å²) in [6.45, 7) is 0. The maximum atomic E-state index is 5.88. The van der Waals surface area contributed by atoms with Crippen molar-refractivity contribution in [2.45, 2.75) is 25.7 Å². The second-order valence-corrected chi connectivity index (χ2v) is 8.69. The van der Waals surface area contributed by atoms with Crippen molar-refractivity contribution in [3.05, 3.63) is 63.4 Å². The molecular formula is C21H17BrN4OS. The van der Waals surface area contributed by atoms with E-state index in [1.807, 2.05) is 36.4 Å². The third kappa shape index (κ3) is 3.36. The Morgan fingerprint density at radius 2 is 1.93 bits per heavy atom. The number of thiophene rings is 1. The van der Waals surface area contributed by atoms with Gasteiger partial charge < -0.3 is 4.42 Å². The maximum Gasteiger partial charge on any atom is 0.158 e. The van der Waals surface area contributed by atoms with Crippen LogP contribution in [0.2, 0.25) is 0 Å². The Hall–Kier alpha value is -2.51. The van der Waals surface area contributed by atoms with E-state index in [0.29, 0.717) is 5.76 Å². The largest absolute Gasteiger partial charge is 0.455 e. The van der Waals surface area contributed by atoms with Crippen LogP contribution in [0, 0.1) is 0 Å². The van der Waals surface area contributed by atoms with Crippen LogP contribution in [0.5, 0.6) is 0 Å². The van der Waals surface area contributed by atoms with Gasteiger partial charge in [0.1, 0.15) is 22.7 Å². The number of hydrogen-bond acceptors (Lipinski definition) is 6. The van der Waals surface area contributed by atoms with E-state index >= 15 is 0 Å². The monoisotopic (exact) mass is 452 g/mol. The molecule has 0 spiro atoms. The van der Waals surface area contributed by atoms with Crippen molar-refractivity contribution in [1.29, 1.82) is 0 Å². The fourth-order valence-electron chi connectivity index (χ4n) is 3.52. The van der Waals surface area contributed by atoms with Crippen LogP contribution in [0.15, 0.2) is 56.7 Å². The van der Waals surface area contributed by atoms with Gasteiger partial charge in [0, 0.05) is 14.9 Å². The number of benzene rings is 1. The molecule has 1 aliphatic carbocycles. The van der Waals surface area contributed by atoms with Crippen LogP contribution in [-0.4, -0.2) is 16.2 Å². The zero-order valence-corrected chi connectivity index (χ0v) is 17.4. The van der Waals surface area contributed by atoms with Crippen molar-refractivity contribution in [2.75, 3.05) is 5.43 Å². The molecule has 0 saturated carbocycles. The third-order valence-corrected chi connectivity index (χ3v) is 6.60. The van der Waals surface area contributed by atoms with Crippen LogP contribution in [0.1, 0.15) is 29.0 Å². The van der Waals surface area contributed by atoms with Gasteiger partial charge in [-0.15, -0.1) is 11.3 Å². The first-order valence-corrected chi connectivity index (χ1v) is 10.8. The molecule has 3 aromatic heterocycles. The lowest BCUT2D eigenvalue weighted by Gasteiger charge is -2.11. The highest BCUT2D eigenvalue weighted by molar-refractivity contribution is 9.10. The van der Waals surface area contributed by atoms with Crippen LogP contribution < -0.4 is 5.43 Å². The van der Waals surface area contributed by atoms with Crippen LogP contribution in [-0.2, 0) is 12.8 Å². The van der Waals surface area contributed by atoms with E-state index in [1.165, 1.54) is 23.3 Å².